The van der Waals surface area contributed by atoms with Gasteiger partial charge < -0.3 is 25.4 Å². The Balaban J connectivity index is 1.54. The number of hydrogen-bond donors (Lipinski definition) is 2. The van der Waals surface area contributed by atoms with Gasteiger partial charge in [0.1, 0.15) is 24.2 Å². The van der Waals surface area contributed by atoms with Gasteiger partial charge in [0, 0.05) is 47.4 Å². The molecular formula is C30H30ClFN4O6. The van der Waals surface area contributed by atoms with Gasteiger partial charge in [0.05, 0.1) is 30.7 Å². The lowest BCUT2D eigenvalue weighted by Gasteiger charge is -2.28. The Kier molecular flexibility index (Phi) is 8.89. The molecule has 0 spiro atoms. The zero-order valence-corrected chi connectivity index (χ0v) is 23.7. The molecule has 220 valence electrons. The summed E-state index contributed by atoms with van der Waals surface area (Å²) in [5.74, 6) is -2.03. The summed E-state index contributed by atoms with van der Waals surface area (Å²) in [7, 11) is 1.47. The van der Waals surface area contributed by atoms with E-state index in [0.717, 1.165) is 30.9 Å². The molecule has 0 radical (unpaired) electrons. The van der Waals surface area contributed by atoms with Crippen LogP contribution in [0.5, 0.6) is 5.75 Å². The normalized spacial score (nSPS) is 17.2. The fourth-order valence-corrected chi connectivity index (χ4v) is 5.41. The molecule has 0 aliphatic carbocycles. The molecule has 0 bridgehead atoms. The average molecular weight is 597 g/mol. The summed E-state index contributed by atoms with van der Waals surface area (Å²) in [4.78, 5) is 44.0. The van der Waals surface area contributed by atoms with Crippen LogP contribution in [0.2, 0.25) is 5.02 Å². The van der Waals surface area contributed by atoms with Crippen molar-refractivity contribution in [3.05, 3.63) is 81.0 Å². The van der Waals surface area contributed by atoms with E-state index in [4.69, 9.17) is 31.6 Å². The molecule has 10 nitrogen and oxygen atoms in total. The van der Waals surface area contributed by atoms with Gasteiger partial charge in [-0.25, -0.2) is 4.39 Å². The Morgan fingerprint density at radius 2 is 2.00 bits per heavy atom. The molecule has 1 unspecified atom stereocenters. The van der Waals surface area contributed by atoms with Crippen molar-refractivity contribution in [2.24, 2.45) is 10.9 Å². The first-order valence-electron chi connectivity index (χ1n) is 13.6. The second-order valence-electron chi connectivity index (χ2n) is 10.1. The van der Waals surface area contributed by atoms with Crippen molar-refractivity contribution in [1.82, 2.24) is 4.57 Å². The summed E-state index contributed by atoms with van der Waals surface area (Å²) >= 11 is 6.34. The first-order chi connectivity index (χ1) is 20.2. The summed E-state index contributed by atoms with van der Waals surface area (Å²) in [6.07, 6.45) is 4.60. The fourth-order valence-electron chi connectivity index (χ4n) is 5.24. The summed E-state index contributed by atoms with van der Waals surface area (Å²) in [6, 6.07) is 9.23. The highest BCUT2D eigenvalue weighted by molar-refractivity contribution is 6.31. The minimum atomic E-state index is -1.02. The number of hydrogen-bond acceptors (Lipinski definition) is 7. The summed E-state index contributed by atoms with van der Waals surface area (Å²) in [5.41, 5.74) is 7.11. The highest BCUT2D eigenvalue weighted by atomic mass is 35.5. The van der Waals surface area contributed by atoms with Crippen molar-refractivity contribution in [2.75, 3.05) is 25.6 Å². The minimum absolute atomic E-state index is 0.108. The van der Waals surface area contributed by atoms with E-state index in [0.29, 0.717) is 47.2 Å². The molecular weight excluding hydrogens is 567 g/mol. The second-order valence-corrected chi connectivity index (χ2v) is 10.5. The van der Waals surface area contributed by atoms with Gasteiger partial charge >= 0.3 is 0 Å². The van der Waals surface area contributed by atoms with Crippen molar-refractivity contribution in [3.63, 3.8) is 0 Å². The van der Waals surface area contributed by atoms with E-state index in [1.807, 2.05) is 6.07 Å². The number of nitrogens with one attached hydrogen (secondary N) is 1. The van der Waals surface area contributed by atoms with Gasteiger partial charge in [-0.2, -0.15) is 0 Å². The summed E-state index contributed by atoms with van der Waals surface area (Å²) < 4.78 is 27.3. The van der Waals surface area contributed by atoms with Crippen LogP contribution in [0.25, 0.3) is 11.1 Å². The third-order valence-corrected chi connectivity index (χ3v) is 7.59. The number of nitrogens with two attached hydrogens (primary N) is 1. The van der Waals surface area contributed by atoms with E-state index in [1.165, 1.54) is 36.1 Å². The van der Waals surface area contributed by atoms with Crippen LogP contribution in [0.4, 0.5) is 10.1 Å². The molecule has 1 saturated heterocycles. The van der Waals surface area contributed by atoms with E-state index >= 15 is 0 Å². The second kappa shape index (κ2) is 12.7. The fraction of sp³-hybridized carbons (Fsp3) is 0.333. The van der Waals surface area contributed by atoms with Crippen LogP contribution in [-0.2, 0) is 14.4 Å². The van der Waals surface area contributed by atoms with Gasteiger partial charge in [-0.3, -0.25) is 19.0 Å². The Hall–Kier alpha value is -4.22. The number of carbonyl (C=O) groups excluding carboxylic acids is 2. The number of carbonyl (C=O) groups is 2. The molecule has 3 N–H and O–H groups in total. The molecule has 2 aliphatic rings. The molecule has 2 aliphatic heterocycles. The van der Waals surface area contributed by atoms with E-state index in [9.17, 15) is 18.8 Å². The quantitative estimate of drug-likeness (QED) is 0.368. The topological polar surface area (TPSA) is 134 Å². The highest BCUT2D eigenvalue weighted by Gasteiger charge is 2.29. The van der Waals surface area contributed by atoms with Crippen LogP contribution in [0.15, 0.2) is 58.6 Å². The van der Waals surface area contributed by atoms with Gasteiger partial charge in [-0.05, 0) is 55.2 Å². The SMILES string of the molecule is COc1cn(C(C[C@H]2CCCCO2)C(=O)Nc2ccc(C(N)=O)c(F)c2)c(=O)cc1-c1cc(Cl)ccc1C1=NOCC1. The van der Waals surface area contributed by atoms with Crippen molar-refractivity contribution in [1.29, 1.82) is 0 Å². The number of primary amides is 1. The van der Waals surface area contributed by atoms with E-state index in [-0.39, 0.29) is 23.8 Å². The van der Waals surface area contributed by atoms with Crippen LogP contribution in [-0.4, -0.2) is 48.5 Å². The number of ether oxygens (including phenoxy) is 2. The predicted octanol–water partition coefficient (Wildman–Crippen LogP) is 4.68. The molecule has 2 amide bonds. The maximum absolute atomic E-state index is 14.4. The van der Waals surface area contributed by atoms with Gasteiger partial charge in [0.25, 0.3) is 11.5 Å². The molecule has 0 saturated carbocycles. The van der Waals surface area contributed by atoms with Crippen LogP contribution < -0.4 is 21.3 Å². The highest BCUT2D eigenvalue weighted by Crippen LogP contribution is 2.35. The zero-order chi connectivity index (χ0) is 29.8. The zero-order valence-electron chi connectivity index (χ0n) is 22.9. The first kappa shape index (κ1) is 29.3. The number of halogens is 2. The van der Waals surface area contributed by atoms with E-state index in [1.54, 1.807) is 12.1 Å². The summed E-state index contributed by atoms with van der Waals surface area (Å²) in [5, 5.41) is 7.25. The van der Waals surface area contributed by atoms with E-state index in [2.05, 4.69) is 10.5 Å². The third-order valence-electron chi connectivity index (χ3n) is 7.35. The Labute approximate surface area is 246 Å². The molecule has 1 fully saturated rings. The number of benzene rings is 2. The molecule has 12 heteroatoms. The van der Waals surface area contributed by atoms with Crippen molar-refractivity contribution in [3.8, 4) is 16.9 Å². The number of rotatable bonds is 9. The smallest absolute Gasteiger partial charge is 0.252 e. The Morgan fingerprint density at radius 1 is 1.17 bits per heavy atom. The number of nitrogens with zero attached hydrogens (tertiary/aromatic N) is 2. The number of oxime groups is 1. The van der Waals surface area contributed by atoms with Crippen molar-refractivity contribution < 1.29 is 28.3 Å². The number of aromatic nitrogens is 1. The largest absolute Gasteiger partial charge is 0.495 e. The van der Waals surface area contributed by atoms with Gasteiger partial charge in [-0.1, -0.05) is 22.8 Å². The Bertz CT molecular complexity index is 1600. The lowest BCUT2D eigenvalue weighted by atomic mass is 9.95. The molecule has 1 aromatic heterocycles. The lowest BCUT2D eigenvalue weighted by molar-refractivity contribution is -0.121. The third kappa shape index (κ3) is 6.32. The van der Waals surface area contributed by atoms with Crippen molar-refractivity contribution >= 4 is 34.8 Å². The average Bonchev–Trinajstić information content (AvgIpc) is 3.51. The first-order valence-corrected chi connectivity index (χ1v) is 13.9. The van der Waals surface area contributed by atoms with Gasteiger partial charge in [0.15, 0.2) is 0 Å². The number of amides is 2. The monoisotopic (exact) mass is 596 g/mol. The van der Waals surface area contributed by atoms with E-state index < -0.39 is 29.2 Å². The van der Waals surface area contributed by atoms with Crippen LogP contribution >= 0.6 is 11.6 Å². The number of methoxy groups -OCH3 is 1. The van der Waals surface area contributed by atoms with Crippen molar-refractivity contribution in [2.45, 2.75) is 44.2 Å². The molecule has 2 aromatic carbocycles. The van der Waals surface area contributed by atoms with Crippen LogP contribution in [0, 0.1) is 5.82 Å². The molecule has 42 heavy (non-hydrogen) atoms. The summed E-state index contributed by atoms with van der Waals surface area (Å²) in [6.45, 7) is 1.01. The van der Waals surface area contributed by atoms with Crippen LogP contribution in [0.1, 0.15) is 54.1 Å². The number of anilines is 1. The Morgan fingerprint density at radius 3 is 2.67 bits per heavy atom. The molecule has 3 aromatic rings. The van der Waals surface area contributed by atoms with Crippen LogP contribution in [0.3, 0.4) is 0 Å². The maximum Gasteiger partial charge on any atom is 0.252 e. The lowest BCUT2D eigenvalue weighted by Crippen LogP contribution is -2.36. The minimum Gasteiger partial charge on any atom is -0.495 e. The van der Waals surface area contributed by atoms with Gasteiger partial charge in [0.2, 0.25) is 5.91 Å². The molecule has 5 rings (SSSR count). The molecule has 2 atom stereocenters. The van der Waals surface area contributed by atoms with Gasteiger partial charge in [-0.15, -0.1) is 0 Å². The standard InChI is InChI=1S/C30H30ClFN4O6/c1-40-27-16-36(28(37)15-23(27)22-12-17(31)5-7-20(22)25-9-11-42-35-25)26(14-19-4-2-3-10-41-19)30(39)34-18-6-8-21(29(33)38)24(32)13-18/h5-8,12-13,15-16,19,26H,2-4,9-11,14H2,1H3,(H2,33,38)(H,34,39)/t19-,26?/m1/s1. The molecule has 3 heterocycles. The number of pyridine rings is 1. The maximum atomic E-state index is 14.4. The predicted molar refractivity (Wildman–Crippen MR) is 156 cm³/mol.